The SMILES string of the molecule is CC(=O)NCc1nc(C(C)C)c(Sc2cc(Cl)cc(Cl)c2)n1C. The molecular formula is C16H19Cl2N3OS. The number of hydrogen-bond acceptors (Lipinski definition) is 3. The predicted molar refractivity (Wildman–Crippen MR) is 95.4 cm³/mol. The normalized spacial score (nSPS) is 11.1. The average Bonchev–Trinajstić information content (AvgIpc) is 2.73. The van der Waals surface area contributed by atoms with Crippen LogP contribution in [0.2, 0.25) is 10.0 Å². The molecular weight excluding hydrogens is 353 g/mol. The van der Waals surface area contributed by atoms with Gasteiger partial charge in [-0.25, -0.2) is 4.98 Å². The number of aromatic nitrogens is 2. The van der Waals surface area contributed by atoms with Crippen LogP contribution in [0.3, 0.4) is 0 Å². The van der Waals surface area contributed by atoms with Crippen molar-refractivity contribution in [3.05, 3.63) is 39.8 Å². The lowest BCUT2D eigenvalue weighted by Gasteiger charge is -2.09. The topological polar surface area (TPSA) is 46.9 Å². The van der Waals surface area contributed by atoms with Gasteiger partial charge in [-0.1, -0.05) is 48.8 Å². The third kappa shape index (κ3) is 4.66. The molecule has 7 heteroatoms. The van der Waals surface area contributed by atoms with Gasteiger partial charge in [0, 0.05) is 28.9 Å². The Labute approximate surface area is 150 Å². The largest absolute Gasteiger partial charge is 0.349 e. The zero-order valence-electron chi connectivity index (χ0n) is 13.5. The lowest BCUT2D eigenvalue weighted by molar-refractivity contribution is -0.119. The summed E-state index contributed by atoms with van der Waals surface area (Å²) in [5.74, 6) is 1.01. The van der Waals surface area contributed by atoms with Gasteiger partial charge in [-0.15, -0.1) is 0 Å². The summed E-state index contributed by atoms with van der Waals surface area (Å²) in [7, 11) is 1.95. The summed E-state index contributed by atoms with van der Waals surface area (Å²) in [4.78, 5) is 16.8. The van der Waals surface area contributed by atoms with E-state index < -0.39 is 0 Å². The molecule has 2 aromatic rings. The summed E-state index contributed by atoms with van der Waals surface area (Å²) in [5.41, 5.74) is 0.994. The second-order valence-corrected chi connectivity index (χ2v) is 7.48. The summed E-state index contributed by atoms with van der Waals surface area (Å²) in [6, 6.07) is 5.47. The fourth-order valence-corrected chi connectivity index (χ4v) is 3.99. The second-order valence-electron chi connectivity index (χ2n) is 5.55. The predicted octanol–water partition coefficient (Wildman–Crippen LogP) is 4.64. The monoisotopic (exact) mass is 371 g/mol. The van der Waals surface area contributed by atoms with Gasteiger partial charge in [-0.05, 0) is 24.1 Å². The Hall–Kier alpha value is -1.17. The molecule has 0 aliphatic rings. The Balaban J connectivity index is 2.37. The molecule has 1 aromatic heterocycles. The molecule has 2 rings (SSSR count). The molecule has 0 radical (unpaired) electrons. The van der Waals surface area contributed by atoms with Crippen molar-refractivity contribution >= 4 is 40.9 Å². The van der Waals surface area contributed by atoms with Crippen molar-refractivity contribution in [1.82, 2.24) is 14.9 Å². The number of halogens is 2. The number of carbonyl (C=O) groups is 1. The lowest BCUT2D eigenvalue weighted by Crippen LogP contribution is -2.21. The maximum absolute atomic E-state index is 11.1. The van der Waals surface area contributed by atoms with Crippen LogP contribution in [0.25, 0.3) is 0 Å². The van der Waals surface area contributed by atoms with Crippen LogP contribution in [0.15, 0.2) is 28.1 Å². The Bertz CT molecular complexity index is 708. The number of benzene rings is 1. The Morgan fingerprint density at radius 3 is 2.43 bits per heavy atom. The number of hydrogen-bond donors (Lipinski definition) is 1. The van der Waals surface area contributed by atoms with Crippen LogP contribution in [0.4, 0.5) is 0 Å². The van der Waals surface area contributed by atoms with Gasteiger partial charge in [-0.2, -0.15) is 0 Å². The highest BCUT2D eigenvalue weighted by atomic mass is 35.5. The minimum absolute atomic E-state index is 0.0741. The van der Waals surface area contributed by atoms with E-state index in [-0.39, 0.29) is 11.8 Å². The maximum Gasteiger partial charge on any atom is 0.217 e. The fraction of sp³-hybridized carbons (Fsp3) is 0.375. The summed E-state index contributed by atoms with van der Waals surface area (Å²) in [6.45, 7) is 6.09. The highest BCUT2D eigenvalue weighted by molar-refractivity contribution is 7.99. The molecule has 0 aliphatic heterocycles. The van der Waals surface area contributed by atoms with E-state index in [1.165, 1.54) is 6.92 Å². The van der Waals surface area contributed by atoms with E-state index in [9.17, 15) is 4.79 Å². The summed E-state index contributed by atoms with van der Waals surface area (Å²) < 4.78 is 2.00. The zero-order valence-corrected chi connectivity index (χ0v) is 15.8. The van der Waals surface area contributed by atoms with Gasteiger partial charge >= 0.3 is 0 Å². The molecule has 0 saturated carbocycles. The number of rotatable bonds is 5. The fourth-order valence-electron chi connectivity index (χ4n) is 2.11. The molecule has 1 aromatic carbocycles. The standard InChI is InChI=1S/C16H19Cl2N3OS/c1-9(2)15-16(21(4)14(20-15)8-19-10(3)22)23-13-6-11(17)5-12(18)7-13/h5-7,9H,8H2,1-4H3,(H,19,22). The smallest absolute Gasteiger partial charge is 0.217 e. The summed E-state index contributed by atoms with van der Waals surface area (Å²) in [6.07, 6.45) is 0. The number of imidazole rings is 1. The molecule has 1 N–H and O–H groups in total. The Morgan fingerprint density at radius 1 is 1.30 bits per heavy atom. The van der Waals surface area contributed by atoms with E-state index in [0.717, 1.165) is 21.4 Å². The van der Waals surface area contributed by atoms with E-state index in [2.05, 4.69) is 24.1 Å². The third-order valence-electron chi connectivity index (χ3n) is 3.25. The highest BCUT2D eigenvalue weighted by Crippen LogP contribution is 2.36. The molecule has 0 saturated heterocycles. The first-order valence-electron chi connectivity index (χ1n) is 7.21. The van der Waals surface area contributed by atoms with Gasteiger partial charge in [0.15, 0.2) is 0 Å². The van der Waals surface area contributed by atoms with E-state index in [0.29, 0.717) is 16.6 Å². The van der Waals surface area contributed by atoms with E-state index in [1.807, 2.05) is 23.7 Å². The van der Waals surface area contributed by atoms with Crippen molar-refractivity contribution in [1.29, 1.82) is 0 Å². The summed E-state index contributed by atoms with van der Waals surface area (Å²) >= 11 is 13.7. The molecule has 0 unspecified atom stereocenters. The van der Waals surface area contributed by atoms with Gasteiger partial charge in [0.2, 0.25) is 5.91 Å². The molecule has 1 heterocycles. The van der Waals surface area contributed by atoms with Gasteiger partial charge < -0.3 is 9.88 Å². The van der Waals surface area contributed by atoms with Gasteiger partial charge in [0.05, 0.1) is 12.2 Å². The van der Waals surface area contributed by atoms with E-state index in [1.54, 1.807) is 17.8 Å². The quantitative estimate of drug-likeness (QED) is 0.832. The molecule has 1 amide bonds. The van der Waals surface area contributed by atoms with E-state index in [4.69, 9.17) is 23.2 Å². The molecule has 0 fully saturated rings. The van der Waals surface area contributed by atoms with Crippen LogP contribution in [-0.4, -0.2) is 15.5 Å². The van der Waals surface area contributed by atoms with Crippen molar-refractivity contribution in [2.75, 3.05) is 0 Å². The molecule has 4 nitrogen and oxygen atoms in total. The maximum atomic E-state index is 11.1. The Morgan fingerprint density at radius 2 is 1.91 bits per heavy atom. The molecule has 0 aliphatic carbocycles. The van der Waals surface area contributed by atoms with Crippen molar-refractivity contribution in [2.45, 2.75) is 43.2 Å². The highest BCUT2D eigenvalue weighted by Gasteiger charge is 2.18. The van der Waals surface area contributed by atoms with Crippen LogP contribution in [0.5, 0.6) is 0 Å². The van der Waals surface area contributed by atoms with Crippen molar-refractivity contribution in [2.24, 2.45) is 7.05 Å². The van der Waals surface area contributed by atoms with Crippen LogP contribution in [0, 0.1) is 0 Å². The molecule has 0 bridgehead atoms. The van der Waals surface area contributed by atoms with Gasteiger partial charge in [0.25, 0.3) is 0 Å². The number of nitrogens with one attached hydrogen (secondary N) is 1. The molecule has 23 heavy (non-hydrogen) atoms. The minimum atomic E-state index is -0.0741. The first kappa shape index (κ1) is 18.2. The van der Waals surface area contributed by atoms with Gasteiger partial charge in [-0.3, -0.25) is 4.79 Å². The second kappa shape index (κ2) is 7.60. The van der Waals surface area contributed by atoms with Crippen LogP contribution >= 0.6 is 35.0 Å². The first-order chi connectivity index (χ1) is 10.8. The van der Waals surface area contributed by atoms with Crippen molar-refractivity contribution in [3.8, 4) is 0 Å². The first-order valence-corrected chi connectivity index (χ1v) is 8.79. The molecule has 0 spiro atoms. The number of carbonyl (C=O) groups excluding carboxylic acids is 1. The van der Waals surface area contributed by atoms with Crippen molar-refractivity contribution < 1.29 is 4.79 Å². The van der Waals surface area contributed by atoms with Gasteiger partial charge in [0.1, 0.15) is 10.9 Å². The van der Waals surface area contributed by atoms with E-state index >= 15 is 0 Å². The van der Waals surface area contributed by atoms with Crippen molar-refractivity contribution in [3.63, 3.8) is 0 Å². The number of amides is 1. The third-order valence-corrected chi connectivity index (χ3v) is 4.84. The molecule has 0 atom stereocenters. The summed E-state index contributed by atoms with van der Waals surface area (Å²) in [5, 5.41) is 5.02. The zero-order chi connectivity index (χ0) is 17.1. The number of nitrogens with zero attached hydrogens (tertiary/aromatic N) is 2. The van der Waals surface area contributed by atoms with Crippen LogP contribution < -0.4 is 5.32 Å². The average molecular weight is 372 g/mol. The molecule has 124 valence electrons. The minimum Gasteiger partial charge on any atom is -0.349 e. The van der Waals surface area contributed by atoms with Crippen LogP contribution in [0.1, 0.15) is 38.2 Å². The van der Waals surface area contributed by atoms with Crippen LogP contribution in [-0.2, 0) is 18.4 Å². The Kier molecular flexibility index (Phi) is 6.00. The lowest BCUT2D eigenvalue weighted by atomic mass is 10.2.